The number of hydrogen-bond acceptors (Lipinski definition) is 3. The zero-order valence-electron chi connectivity index (χ0n) is 12.4. The lowest BCUT2D eigenvalue weighted by molar-refractivity contribution is 0.0945. The van der Waals surface area contributed by atoms with E-state index in [9.17, 15) is 13.2 Å². The van der Waals surface area contributed by atoms with Crippen LogP contribution in [0.25, 0.3) is 0 Å². The highest BCUT2D eigenvalue weighted by molar-refractivity contribution is 7.89. The summed E-state index contributed by atoms with van der Waals surface area (Å²) >= 11 is 5.89. The Labute approximate surface area is 130 Å². The number of hydrogen-bond donors (Lipinski definition) is 2. The largest absolute Gasteiger partial charge is 0.352 e. The molecule has 0 bridgehead atoms. The molecule has 1 amide bonds. The molecule has 0 fully saturated rings. The Hall–Kier alpha value is -1.11. The summed E-state index contributed by atoms with van der Waals surface area (Å²) in [7, 11) is -3.92. The third-order valence-corrected chi connectivity index (χ3v) is 4.84. The maximum atomic E-state index is 12.2. The predicted molar refractivity (Wildman–Crippen MR) is 84.0 cm³/mol. The number of sulfonamides is 1. The fourth-order valence-corrected chi connectivity index (χ4v) is 3.21. The average molecular weight is 333 g/mol. The van der Waals surface area contributed by atoms with Crippen LogP contribution in [0.3, 0.4) is 0 Å². The summed E-state index contributed by atoms with van der Waals surface area (Å²) < 4.78 is 23.1. The van der Waals surface area contributed by atoms with E-state index in [2.05, 4.69) is 19.2 Å². The van der Waals surface area contributed by atoms with Crippen LogP contribution in [0.4, 0.5) is 0 Å². The fourth-order valence-electron chi connectivity index (χ4n) is 2.10. The molecule has 7 heteroatoms. The minimum Gasteiger partial charge on any atom is -0.352 e. The van der Waals surface area contributed by atoms with E-state index >= 15 is 0 Å². The van der Waals surface area contributed by atoms with E-state index in [0.29, 0.717) is 18.0 Å². The maximum absolute atomic E-state index is 12.2. The van der Waals surface area contributed by atoms with Gasteiger partial charge in [-0.25, -0.2) is 13.6 Å². The number of rotatable bonds is 6. The van der Waals surface area contributed by atoms with E-state index in [1.54, 1.807) is 6.92 Å². The first-order chi connectivity index (χ1) is 9.70. The standard InChI is InChI=1S/C14H21ClN2O3S/c1-4-10(5-2)8-17-14(18)12-6-11(15)7-13(9(12)3)21(16,19)20/h6-7,10H,4-5,8H2,1-3H3,(H,17,18)(H2,16,19,20). The van der Waals surface area contributed by atoms with Crippen LogP contribution in [0.5, 0.6) is 0 Å². The molecule has 1 aromatic rings. The van der Waals surface area contributed by atoms with E-state index in [4.69, 9.17) is 16.7 Å². The number of nitrogens with one attached hydrogen (secondary N) is 1. The van der Waals surface area contributed by atoms with Gasteiger partial charge >= 0.3 is 0 Å². The van der Waals surface area contributed by atoms with Gasteiger partial charge in [-0.3, -0.25) is 4.79 Å². The second-order valence-corrected chi connectivity index (χ2v) is 6.98. The topological polar surface area (TPSA) is 89.3 Å². The summed E-state index contributed by atoms with van der Waals surface area (Å²) in [6.45, 7) is 6.21. The Morgan fingerprint density at radius 3 is 2.38 bits per heavy atom. The van der Waals surface area contributed by atoms with Crippen LogP contribution >= 0.6 is 11.6 Å². The first-order valence-corrected chi connectivity index (χ1v) is 8.74. The number of nitrogens with two attached hydrogens (primary N) is 1. The number of primary sulfonamides is 1. The Balaban J connectivity index is 3.08. The molecule has 21 heavy (non-hydrogen) atoms. The average Bonchev–Trinajstić information content (AvgIpc) is 2.40. The number of benzene rings is 1. The molecule has 0 saturated heterocycles. The van der Waals surface area contributed by atoms with E-state index in [-0.39, 0.29) is 21.4 Å². The molecule has 0 aromatic heterocycles. The van der Waals surface area contributed by atoms with Crippen molar-refractivity contribution in [2.75, 3.05) is 6.54 Å². The monoisotopic (exact) mass is 332 g/mol. The highest BCUT2D eigenvalue weighted by Crippen LogP contribution is 2.23. The quantitative estimate of drug-likeness (QED) is 0.838. The van der Waals surface area contributed by atoms with E-state index in [1.165, 1.54) is 12.1 Å². The van der Waals surface area contributed by atoms with E-state index < -0.39 is 10.0 Å². The van der Waals surface area contributed by atoms with Gasteiger partial charge in [0.05, 0.1) is 4.90 Å². The lowest BCUT2D eigenvalue weighted by Crippen LogP contribution is -2.30. The summed E-state index contributed by atoms with van der Waals surface area (Å²) in [4.78, 5) is 12.1. The molecule has 5 nitrogen and oxygen atoms in total. The van der Waals surface area contributed by atoms with Crippen molar-refractivity contribution in [1.29, 1.82) is 0 Å². The highest BCUT2D eigenvalue weighted by atomic mass is 35.5. The van der Waals surface area contributed by atoms with Crippen LogP contribution in [0, 0.1) is 12.8 Å². The van der Waals surface area contributed by atoms with Crippen molar-refractivity contribution in [1.82, 2.24) is 5.32 Å². The van der Waals surface area contributed by atoms with Crippen molar-refractivity contribution in [3.63, 3.8) is 0 Å². The third kappa shape index (κ3) is 4.69. The van der Waals surface area contributed by atoms with Gasteiger partial charge in [-0.2, -0.15) is 0 Å². The molecule has 0 atom stereocenters. The number of halogens is 1. The zero-order chi connectivity index (χ0) is 16.2. The van der Waals surface area contributed by atoms with Gasteiger partial charge in [0.25, 0.3) is 5.91 Å². The number of amides is 1. The van der Waals surface area contributed by atoms with Gasteiger partial charge in [0, 0.05) is 17.1 Å². The molecule has 3 N–H and O–H groups in total. The van der Waals surface area contributed by atoms with Crippen LogP contribution in [0.15, 0.2) is 17.0 Å². The maximum Gasteiger partial charge on any atom is 0.251 e. The lowest BCUT2D eigenvalue weighted by Gasteiger charge is -2.15. The number of carbonyl (C=O) groups is 1. The molecular weight excluding hydrogens is 312 g/mol. The highest BCUT2D eigenvalue weighted by Gasteiger charge is 2.19. The zero-order valence-corrected chi connectivity index (χ0v) is 14.0. The molecular formula is C14H21ClN2O3S. The molecule has 0 aliphatic heterocycles. The summed E-state index contributed by atoms with van der Waals surface area (Å²) in [6, 6.07) is 2.71. The van der Waals surface area contributed by atoms with Crippen LogP contribution in [0.2, 0.25) is 5.02 Å². The summed E-state index contributed by atoms with van der Waals surface area (Å²) in [5.41, 5.74) is 0.543. The fraction of sp³-hybridized carbons (Fsp3) is 0.500. The normalized spacial score (nSPS) is 11.7. The van der Waals surface area contributed by atoms with Crippen molar-refractivity contribution >= 4 is 27.5 Å². The van der Waals surface area contributed by atoms with Crippen molar-refractivity contribution in [3.8, 4) is 0 Å². The lowest BCUT2D eigenvalue weighted by atomic mass is 10.0. The number of carbonyl (C=O) groups excluding carboxylic acids is 1. The molecule has 118 valence electrons. The van der Waals surface area contributed by atoms with Gasteiger partial charge in [0.15, 0.2) is 0 Å². The van der Waals surface area contributed by atoms with Gasteiger partial charge in [-0.15, -0.1) is 0 Å². The van der Waals surface area contributed by atoms with Gasteiger partial charge in [0.2, 0.25) is 10.0 Å². The summed E-state index contributed by atoms with van der Waals surface area (Å²) in [5.74, 6) is 0.0537. The predicted octanol–water partition coefficient (Wildman–Crippen LogP) is 2.46. The first kappa shape index (κ1) is 17.9. The van der Waals surface area contributed by atoms with Gasteiger partial charge < -0.3 is 5.32 Å². The van der Waals surface area contributed by atoms with Crippen LogP contribution in [-0.4, -0.2) is 20.9 Å². The minimum atomic E-state index is -3.92. The third-order valence-electron chi connectivity index (χ3n) is 3.58. The van der Waals surface area contributed by atoms with Crippen LogP contribution in [0.1, 0.15) is 42.6 Å². The smallest absolute Gasteiger partial charge is 0.251 e. The molecule has 0 heterocycles. The van der Waals surface area contributed by atoms with Gasteiger partial charge in [0.1, 0.15) is 0 Å². The van der Waals surface area contributed by atoms with E-state index in [0.717, 1.165) is 12.8 Å². The van der Waals surface area contributed by atoms with Crippen LogP contribution < -0.4 is 10.5 Å². The van der Waals surface area contributed by atoms with Crippen molar-refractivity contribution < 1.29 is 13.2 Å². The van der Waals surface area contributed by atoms with Gasteiger partial charge in [-0.1, -0.05) is 38.3 Å². The van der Waals surface area contributed by atoms with Gasteiger partial charge in [-0.05, 0) is 30.5 Å². The summed E-state index contributed by atoms with van der Waals surface area (Å²) in [5, 5.41) is 8.12. The van der Waals surface area contributed by atoms with Crippen LogP contribution in [-0.2, 0) is 10.0 Å². The molecule has 0 aliphatic rings. The van der Waals surface area contributed by atoms with Crippen molar-refractivity contribution in [2.45, 2.75) is 38.5 Å². The molecule has 0 aliphatic carbocycles. The molecule has 1 rings (SSSR count). The molecule has 0 spiro atoms. The Kier molecular flexibility index (Phi) is 6.19. The molecule has 1 aromatic carbocycles. The summed E-state index contributed by atoms with van der Waals surface area (Å²) in [6.07, 6.45) is 1.93. The van der Waals surface area contributed by atoms with Crippen molar-refractivity contribution in [3.05, 3.63) is 28.3 Å². The molecule has 0 unspecified atom stereocenters. The second-order valence-electron chi connectivity index (χ2n) is 5.01. The second kappa shape index (κ2) is 7.24. The minimum absolute atomic E-state index is 0.123. The Morgan fingerprint density at radius 1 is 1.33 bits per heavy atom. The Morgan fingerprint density at radius 2 is 1.90 bits per heavy atom. The molecule has 0 radical (unpaired) electrons. The molecule has 0 saturated carbocycles. The van der Waals surface area contributed by atoms with Crippen molar-refractivity contribution in [2.24, 2.45) is 11.1 Å². The Bertz CT molecular complexity index is 625. The first-order valence-electron chi connectivity index (χ1n) is 6.81. The SMILES string of the molecule is CCC(CC)CNC(=O)c1cc(Cl)cc(S(N)(=O)=O)c1C. The van der Waals surface area contributed by atoms with E-state index in [1.807, 2.05) is 0 Å².